The maximum absolute atomic E-state index is 12.8. The number of rotatable bonds is 5. The van der Waals surface area contributed by atoms with E-state index in [1.807, 2.05) is 18.2 Å². The van der Waals surface area contributed by atoms with Crippen molar-refractivity contribution in [3.63, 3.8) is 0 Å². The van der Waals surface area contributed by atoms with Crippen LogP contribution in [0.4, 0.5) is 11.4 Å². The topological polar surface area (TPSA) is 79.4 Å². The summed E-state index contributed by atoms with van der Waals surface area (Å²) in [5.41, 5.74) is 3.67. The number of sulfone groups is 1. The molecule has 0 radical (unpaired) electrons. The molecule has 2 heterocycles. The Morgan fingerprint density at radius 3 is 2.59 bits per heavy atom. The predicted molar refractivity (Wildman–Crippen MR) is 150 cm³/mol. The van der Waals surface area contributed by atoms with Gasteiger partial charge in [0.15, 0.2) is 9.84 Å². The predicted octanol–water partition coefficient (Wildman–Crippen LogP) is 6.59. The van der Waals surface area contributed by atoms with Gasteiger partial charge in [0.1, 0.15) is 0 Å². The maximum Gasteiger partial charge on any atom is 0.257 e. The molecule has 4 aromatic rings. The second-order valence-electron chi connectivity index (χ2n) is 9.53. The molecule has 3 aromatic carbocycles. The fourth-order valence-corrected chi connectivity index (χ4v) is 6.00. The van der Waals surface area contributed by atoms with E-state index in [1.165, 1.54) is 37.3 Å². The van der Waals surface area contributed by atoms with E-state index in [9.17, 15) is 13.2 Å². The van der Waals surface area contributed by atoms with Gasteiger partial charge in [0.25, 0.3) is 5.91 Å². The van der Waals surface area contributed by atoms with Crippen LogP contribution in [0.1, 0.15) is 36.5 Å². The number of benzene rings is 3. The lowest BCUT2D eigenvalue weighted by Gasteiger charge is -2.35. The number of carbonyl (C=O) groups is 1. The van der Waals surface area contributed by atoms with E-state index in [-0.39, 0.29) is 10.8 Å². The van der Waals surface area contributed by atoms with Crippen molar-refractivity contribution in [2.24, 2.45) is 0 Å². The van der Waals surface area contributed by atoms with Crippen LogP contribution in [0, 0.1) is 0 Å². The van der Waals surface area contributed by atoms with E-state index in [1.54, 1.807) is 36.4 Å². The van der Waals surface area contributed by atoms with Crippen LogP contribution in [-0.2, 0) is 9.84 Å². The highest BCUT2D eigenvalue weighted by Gasteiger charge is 2.20. The van der Waals surface area contributed by atoms with Crippen molar-refractivity contribution in [1.82, 2.24) is 4.98 Å². The number of hydrogen-bond donors (Lipinski definition) is 1. The lowest BCUT2D eigenvalue weighted by molar-refractivity contribution is 0.102. The normalized spacial score (nSPS) is 16.1. The van der Waals surface area contributed by atoms with Crippen LogP contribution in [0.3, 0.4) is 0 Å². The molecule has 5 rings (SSSR count). The summed E-state index contributed by atoms with van der Waals surface area (Å²) in [6, 6.07) is 22.0. The quantitative estimate of drug-likeness (QED) is 0.313. The number of hydrogen-bond acceptors (Lipinski definition) is 5. The van der Waals surface area contributed by atoms with Gasteiger partial charge in [-0.2, -0.15) is 0 Å². The molecule has 6 nitrogen and oxygen atoms in total. The van der Waals surface area contributed by atoms with Gasteiger partial charge in [0, 0.05) is 41.2 Å². The number of nitrogens with zero attached hydrogens (tertiary/aromatic N) is 2. The molecule has 1 N–H and O–H groups in total. The van der Waals surface area contributed by atoms with Gasteiger partial charge < -0.3 is 10.2 Å². The average molecular weight is 534 g/mol. The minimum absolute atomic E-state index is 0.147. The lowest BCUT2D eigenvalue weighted by Crippen LogP contribution is -2.37. The van der Waals surface area contributed by atoms with E-state index < -0.39 is 9.84 Å². The Morgan fingerprint density at radius 1 is 1.03 bits per heavy atom. The summed E-state index contributed by atoms with van der Waals surface area (Å²) >= 11 is 6.17. The highest BCUT2D eigenvalue weighted by atomic mass is 35.5. The maximum atomic E-state index is 12.8. The molecule has 1 amide bonds. The number of piperidine rings is 1. The third kappa shape index (κ3) is 5.33. The van der Waals surface area contributed by atoms with Crippen molar-refractivity contribution in [3.8, 4) is 11.3 Å². The van der Waals surface area contributed by atoms with Gasteiger partial charge in [-0.3, -0.25) is 4.79 Å². The molecule has 8 heteroatoms. The zero-order valence-corrected chi connectivity index (χ0v) is 22.3. The Kier molecular flexibility index (Phi) is 6.92. The second kappa shape index (κ2) is 10.1. The van der Waals surface area contributed by atoms with Crippen molar-refractivity contribution in [2.75, 3.05) is 23.0 Å². The SMILES string of the molecule is CC1CCCCN1c1ccc2nc(-c3cc(NC(=O)c4ccccc4Cl)ccc3S(C)(=O)=O)ccc2c1. The Morgan fingerprint density at radius 2 is 1.84 bits per heavy atom. The van der Waals surface area contributed by atoms with Crippen LogP contribution in [0.15, 0.2) is 77.7 Å². The largest absolute Gasteiger partial charge is 0.369 e. The fourth-order valence-electron chi connectivity index (χ4n) is 4.90. The molecule has 0 saturated carbocycles. The lowest BCUT2D eigenvalue weighted by atomic mass is 10.0. The van der Waals surface area contributed by atoms with Gasteiger partial charge in [-0.1, -0.05) is 29.8 Å². The van der Waals surface area contributed by atoms with Crippen LogP contribution in [0.25, 0.3) is 22.2 Å². The molecule has 190 valence electrons. The molecule has 1 aliphatic heterocycles. The van der Waals surface area contributed by atoms with Gasteiger partial charge in [-0.25, -0.2) is 13.4 Å². The summed E-state index contributed by atoms with van der Waals surface area (Å²) < 4.78 is 25.2. The molecule has 0 aliphatic carbocycles. The minimum Gasteiger partial charge on any atom is -0.369 e. The highest BCUT2D eigenvalue weighted by Crippen LogP contribution is 2.33. The number of fused-ring (bicyclic) bond motifs is 1. The molecule has 37 heavy (non-hydrogen) atoms. The van der Waals surface area contributed by atoms with Crippen molar-refractivity contribution in [1.29, 1.82) is 0 Å². The van der Waals surface area contributed by atoms with E-state index in [0.29, 0.717) is 33.6 Å². The summed E-state index contributed by atoms with van der Waals surface area (Å²) in [7, 11) is -3.55. The number of carbonyl (C=O) groups excluding carboxylic acids is 1. The summed E-state index contributed by atoms with van der Waals surface area (Å²) in [5.74, 6) is -0.380. The van der Waals surface area contributed by atoms with Crippen molar-refractivity contribution < 1.29 is 13.2 Å². The van der Waals surface area contributed by atoms with Gasteiger partial charge in [-0.15, -0.1) is 0 Å². The van der Waals surface area contributed by atoms with Crippen molar-refractivity contribution in [2.45, 2.75) is 37.1 Å². The number of pyridine rings is 1. The summed E-state index contributed by atoms with van der Waals surface area (Å²) in [6.07, 6.45) is 4.81. The van der Waals surface area contributed by atoms with Gasteiger partial charge in [0.05, 0.1) is 26.7 Å². The number of amides is 1. The molecule has 1 aromatic heterocycles. The summed E-state index contributed by atoms with van der Waals surface area (Å²) in [5, 5.41) is 4.15. The summed E-state index contributed by atoms with van der Waals surface area (Å²) in [6.45, 7) is 3.30. The third-order valence-electron chi connectivity index (χ3n) is 6.84. The van der Waals surface area contributed by atoms with E-state index in [2.05, 4.69) is 29.3 Å². The van der Waals surface area contributed by atoms with E-state index >= 15 is 0 Å². The van der Waals surface area contributed by atoms with Crippen LogP contribution < -0.4 is 10.2 Å². The molecule has 1 fully saturated rings. The first-order chi connectivity index (χ1) is 17.7. The monoisotopic (exact) mass is 533 g/mol. The number of anilines is 2. The first-order valence-electron chi connectivity index (χ1n) is 12.3. The zero-order chi connectivity index (χ0) is 26.2. The molecule has 0 bridgehead atoms. The Labute approximate surface area is 222 Å². The first-order valence-corrected chi connectivity index (χ1v) is 14.6. The van der Waals surface area contributed by atoms with Gasteiger partial charge >= 0.3 is 0 Å². The van der Waals surface area contributed by atoms with Gasteiger partial charge in [0.2, 0.25) is 0 Å². The molecule has 1 saturated heterocycles. The van der Waals surface area contributed by atoms with Crippen LogP contribution in [-0.4, -0.2) is 38.2 Å². The fraction of sp³-hybridized carbons (Fsp3) is 0.241. The summed E-state index contributed by atoms with van der Waals surface area (Å²) in [4.78, 5) is 20.2. The van der Waals surface area contributed by atoms with Crippen molar-refractivity contribution >= 4 is 49.6 Å². The Hall–Kier alpha value is -3.42. The van der Waals surface area contributed by atoms with Crippen molar-refractivity contribution in [3.05, 3.63) is 83.4 Å². The molecule has 0 spiro atoms. The Balaban J connectivity index is 1.52. The Bertz CT molecular complexity index is 1600. The van der Waals surface area contributed by atoms with Crippen LogP contribution in [0.2, 0.25) is 5.02 Å². The van der Waals surface area contributed by atoms with Crippen LogP contribution >= 0.6 is 11.6 Å². The number of nitrogens with one attached hydrogen (secondary N) is 1. The highest BCUT2D eigenvalue weighted by molar-refractivity contribution is 7.90. The van der Waals surface area contributed by atoms with E-state index in [0.717, 1.165) is 17.4 Å². The number of aromatic nitrogens is 1. The average Bonchev–Trinajstić information content (AvgIpc) is 2.88. The first kappa shape index (κ1) is 25.2. The third-order valence-corrected chi connectivity index (χ3v) is 8.32. The second-order valence-corrected chi connectivity index (χ2v) is 11.9. The molecular formula is C29H28ClN3O3S. The van der Waals surface area contributed by atoms with Crippen LogP contribution in [0.5, 0.6) is 0 Å². The molecular weight excluding hydrogens is 506 g/mol. The zero-order valence-electron chi connectivity index (χ0n) is 20.7. The van der Waals surface area contributed by atoms with E-state index in [4.69, 9.17) is 16.6 Å². The molecule has 1 atom stereocenters. The standard InChI is InChI=1S/C29H28ClN3O3S/c1-19-7-5-6-16-33(19)22-12-14-26-20(17-22)10-13-27(32-26)24-18-21(11-15-28(24)37(2,35)36)31-29(34)23-8-3-4-9-25(23)30/h3-4,8-15,17-19H,5-7,16H2,1-2H3,(H,31,34). The number of halogens is 1. The van der Waals surface area contributed by atoms with Gasteiger partial charge in [-0.05, 0) is 80.8 Å². The molecule has 1 aliphatic rings. The smallest absolute Gasteiger partial charge is 0.257 e. The minimum atomic E-state index is -3.55. The molecule has 1 unspecified atom stereocenters.